The van der Waals surface area contributed by atoms with Gasteiger partial charge in [-0.05, 0) is 69.8 Å². The fraction of sp³-hybridized carbons (Fsp3) is 0.640. The predicted molar refractivity (Wildman–Crippen MR) is 130 cm³/mol. The monoisotopic (exact) mass is 535 g/mol. The largest absolute Gasteiger partial charge is 0.408 e. The third-order valence-corrected chi connectivity index (χ3v) is 7.59. The van der Waals surface area contributed by atoms with Gasteiger partial charge in [-0.25, -0.2) is 0 Å². The molecule has 2 aromatic heterocycles. The van der Waals surface area contributed by atoms with E-state index in [1.807, 2.05) is 19.2 Å². The Morgan fingerprint density at radius 2 is 1.84 bits per heavy atom. The SMILES string of the molecule is CC(C)n1nccc1C(=O)NC(C(=O)Nc1cnn(CC2C[C@@H](C(F)(F)F)NC2=O)c1)C(C1CC1)C1CC1. The van der Waals surface area contributed by atoms with E-state index in [1.165, 1.54) is 17.1 Å². The van der Waals surface area contributed by atoms with Gasteiger partial charge in [0.2, 0.25) is 11.8 Å². The van der Waals surface area contributed by atoms with Crippen LogP contribution in [0, 0.1) is 23.7 Å². The van der Waals surface area contributed by atoms with Crippen LogP contribution < -0.4 is 16.0 Å². The highest BCUT2D eigenvalue weighted by Crippen LogP contribution is 2.51. The van der Waals surface area contributed by atoms with Crippen molar-refractivity contribution in [2.45, 2.75) is 76.8 Å². The number of rotatable bonds is 10. The lowest BCUT2D eigenvalue weighted by atomic mass is 9.88. The molecule has 3 amide bonds. The molecule has 2 saturated carbocycles. The Balaban J connectivity index is 1.28. The predicted octanol–water partition coefficient (Wildman–Crippen LogP) is 2.90. The van der Waals surface area contributed by atoms with Crippen LogP contribution in [0.3, 0.4) is 0 Å². The van der Waals surface area contributed by atoms with Gasteiger partial charge in [-0.1, -0.05) is 0 Å². The van der Waals surface area contributed by atoms with Gasteiger partial charge in [0.1, 0.15) is 17.8 Å². The molecule has 5 rings (SSSR count). The van der Waals surface area contributed by atoms with Crippen molar-refractivity contribution in [1.29, 1.82) is 0 Å². The topological polar surface area (TPSA) is 123 Å². The first kappa shape index (κ1) is 26.2. The van der Waals surface area contributed by atoms with Crippen LogP contribution in [-0.2, 0) is 16.1 Å². The third kappa shape index (κ3) is 5.70. The van der Waals surface area contributed by atoms with Crippen LogP contribution in [0.5, 0.6) is 0 Å². The van der Waals surface area contributed by atoms with Gasteiger partial charge < -0.3 is 16.0 Å². The first-order valence-corrected chi connectivity index (χ1v) is 13.1. The summed E-state index contributed by atoms with van der Waals surface area (Å²) in [5.41, 5.74) is 0.723. The second kappa shape index (κ2) is 10.1. The van der Waals surface area contributed by atoms with E-state index < -0.39 is 30.1 Å². The second-order valence-electron chi connectivity index (χ2n) is 10.9. The molecule has 1 saturated heterocycles. The summed E-state index contributed by atoms with van der Waals surface area (Å²) >= 11 is 0. The van der Waals surface area contributed by atoms with Crippen molar-refractivity contribution in [3.8, 4) is 0 Å². The molecule has 2 unspecified atom stereocenters. The lowest BCUT2D eigenvalue weighted by molar-refractivity contribution is -0.155. The first-order valence-electron chi connectivity index (χ1n) is 13.1. The van der Waals surface area contributed by atoms with Crippen molar-refractivity contribution in [2.24, 2.45) is 23.7 Å². The van der Waals surface area contributed by atoms with E-state index in [9.17, 15) is 27.6 Å². The summed E-state index contributed by atoms with van der Waals surface area (Å²) in [5, 5.41) is 16.1. The minimum Gasteiger partial charge on any atom is -0.344 e. The Hall–Kier alpha value is -3.38. The number of hydrogen-bond donors (Lipinski definition) is 3. The fourth-order valence-electron chi connectivity index (χ4n) is 5.44. The molecule has 206 valence electrons. The molecule has 3 atom stereocenters. The molecule has 0 bridgehead atoms. The van der Waals surface area contributed by atoms with E-state index in [-0.39, 0.29) is 36.7 Å². The zero-order valence-electron chi connectivity index (χ0n) is 21.2. The van der Waals surface area contributed by atoms with Crippen LogP contribution in [-0.4, -0.2) is 55.5 Å². The molecule has 0 spiro atoms. The molecule has 2 aromatic rings. The summed E-state index contributed by atoms with van der Waals surface area (Å²) in [7, 11) is 0. The number of carbonyl (C=O) groups excluding carboxylic acids is 3. The van der Waals surface area contributed by atoms with Gasteiger partial charge in [-0.15, -0.1) is 0 Å². The Labute approximate surface area is 217 Å². The lowest BCUT2D eigenvalue weighted by Gasteiger charge is -2.27. The van der Waals surface area contributed by atoms with Gasteiger partial charge in [0.25, 0.3) is 5.91 Å². The van der Waals surface area contributed by atoms with Gasteiger partial charge in [0, 0.05) is 18.4 Å². The normalized spacial score (nSPS) is 22.6. The molecule has 3 heterocycles. The third-order valence-electron chi connectivity index (χ3n) is 7.59. The van der Waals surface area contributed by atoms with E-state index >= 15 is 0 Å². The van der Waals surface area contributed by atoms with E-state index in [2.05, 4.69) is 20.8 Å². The number of aromatic nitrogens is 4. The summed E-state index contributed by atoms with van der Waals surface area (Å²) < 4.78 is 41.9. The highest BCUT2D eigenvalue weighted by atomic mass is 19.4. The summed E-state index contributed by atoms with van der Waals surface area (Å²) in [6, 6.07) is -1.03. The maximum Gasteiger partial charge on any atom is 0.408 e. The summed E-state index contributed by atoms with van der Waals surface area (Å²) in [6.45, 7) is 3.79. The van der Waals surface area contributed by atoms with Gasteiger partial charge >= 0.3 is 6.18 Å². The van der Waals surface area contributed by atoms with Crippen LogP contribution in [0.15, 0.2) is 24.7 Å². The minimum absolute atomic E-state index is 0.0194. The van der Waals surface area contributed by atoms with Crippen molar-refractivity contribution < 1.29 is 27.6 Å². The molecular weight excluding hydrogens is 503 g/mol. The number of nitrogens with zero attached hydrogens (tertiary/aromatic N) is 4. The number of amides is 3. The molecule has 38 heavy (non-hydrogen) atoms. The Morgan fingerprint density at radius 3 is 2.42 bits per heavy atom. The highest BCUT2D eigenvalue weighted by molar-refractivity contribution is 6.00. The average Bonchev–Trinajstić information content (AvgIpc) is 3.73. The number of hydrogen-bond acceptors (Lipinski definition) is 5. The maximum atomic E-state index is 13.5. The summed E-state index contributed by atoms with van der Waals surface area (Å²) in [5.74, 6) is -1.52. The number of alkyl halides is 3. The summed E-state index contributed by atoms with van der Waals surface area (Å²) in [4.78, 5) is 38.8. The maximum absolute atomic E-state index is 13.5. The number of halogens is 3. The van der Waals surface area contributed by atoms with Crippen LogP contribution in [0.1, 0.15) is 62.5 Å². The van der Waals surface area contributed by atoms with Gasteiger partial charge in [0.05, 0.1) is 24.3 Å². The van der Waals surface area contributed by atoms with E-state index in [0.29, 0.717) is 23.2 Å². The molecule has 3 N–H and O–H groups in total. The van der Waals surface area contributed by atoms with Crippen molar-refractivity contribution in [3.05, 3.63) is 30.4 Å². The molecular formula is C25H32F3N7O3. The second-order valence-corrected chi connectivity index (χ2v) is 10.9. The molecule has 3 aliphatic rings. The zero-order valence-corrected chi connectivity index (χ0v) is 21.2. The van der Waals surface area contributed by atoms with Crippen LogP contribution in [0.25, 0.3) is 0 Å². The Kier molecular flexibility index (Phi) is 6.95. The van der Waals surface area contributed by atoms with Crippen molar-refractivity contribution in [1.82, 2.24) is 30.2 Å². The number of anilines is 1. The van der Waals surface area contributed by atoms with Gasteiger partial charge in [0.15, 0.2) is 0 Å². The van der Waals surface area contributed by atoms with Crippen LogP contribution >= 0.6 is 0 Å². The van der Waals surface area contributed by atoms with Crippen molar-refractivity contribution >= 4 is 23.4 Å². The molecule has 1 aliphatic heterocycles. The average molecular weight is 536 g/mol. The van der Waals surface area contributed by atoms with Gasteiger partial charge in [-0.3, -0.25) is 23.7 Å². The minimum atomic E-state index is -4.50. The van der Waals surface area contributed by atoms with Crippen LogP contribution in [0.4, 0.5) is 18.9 Å². The number of carbonyl (C=O) groups is 3. The molecule has 0 aromatic carbocycles. The molecule has 13 heteroatoms. The quantitative estimate of drug-likeness (QED) is 0.432. The molecule has 2 aliphatic carbocycles. The molecule has 10 nitrogen and oxygen atoms in total. The number of nitrogens with one attached hydrogen (secondary N) is 3. The smallest absolute Gasteiger partial charge is 0.344 e. The lowest BCUT2D eigenvalue weighted by Crippen LogP contribution is -2.50. The zero-order chi connectivity index (χ0) is 27.2. The highest BCUT2D eigenvalue weighted by Gasteiger charge is 2.49. The van der Waals surface area contributed by atoms with E-state index in [0.717, 1.165) is 25.7 Å². The van der Waals surface area contributed by atoms with Crippen molar-refractivity contribution in [2.75, 3.05) is 5.32 Å². The Morgan fingerprint density at radius 1 is 1.16 bits per heavy atom. The first-order chi connectivity index (χ1) is 18.0. The molecule has 0 radical (unpaired) electrons. The van der Waals surface area contributed by atoms with Crippen LogP contribution in [0.2, 0.25) is 0 Å². The molecule has 3 fully saturated rings. The van der Waals surface area contributed by atoms with E-state index in [4.69, 9.17) is 0 Å². The Bertz CT molecular complexity index is 1190. The van der Waals surface area contributed by atoms with Gasteiger partial charge in [-0.2, -0.15) is 23.4 Å². The standard InChI is InChI=1S/C25H32F3N7O3/c1-13(2)35-18(7-8-29-35)23(37)33-21(20(14-3-4-14)15-5-6-15)24(38)31-17-10-30-34(12-17)11-16-9-19(25(26,27)28)32-22(16)36/h7-8,10,12-16,19-21H,3-6,9,11H2,1-2H3,(H,31,38)(H,32,36)(H,33,37)/t16?,19-,21?/m0/s1. The van der Waals surface area contributed by atoms with Crippen molar-refractivity contribution in [3.63, 3.8) is 0 Å². The summed E-state index contributed by atoms with van der Waals surface area (Å²) in [6.07, 6.45) is 3.64. The van der Waals surface area contributed by atoms with E-state index in [1.54, 1.807) is 16.9 Å². The fourth-order valence-corrected chi connectivity index (χ4v) is 5.44.